The first-order chi connectivity index (χ1) is 19.2. The van der Waals surface area contributed by atoms with Crippen molar-refractivity contribution < 1.29 is 22.7 Å². The zero-order chi connectivity index (χ0) is 28.5. The number of hydrogen-bond acceptors (Lipinski definition) is 6. The third-order valence-corrected chi connectivity index (χ3v) is 8.33. The summed E-state index contributed by atoms with van der Waals surface area (Å²) >= 11 is 12.2. The molecule has 1 fully saturated rings. The number of sulfonamides is 1. The van der Waals surface area contributed by atoms with Gasteiger partial charge < -0.3 is 9.64 Å². The van der Waals surface area contributed by atoms with Crippen molar-refractivity contribution in [3.63, 3.8) is 0 Å². The lowest BCUT2D eigenvalue weighted by molar-refractivity contribution is -0.134. The number of piperidine rings is 1. The Hall–Kier alpha value is -3.60. The summed E-state index contributed by atoms with van der Waals surface area (Å²) in [5.41, 5.74) is 3.14. The van der Waals surface area contributed by atoms with E-state index in [0.717, 1.165) is 36.7 Å². The molecule has 0 bridgehead atoms. The number of nitrogens with zero attached hydrogens (tertiary/aromatic N) is 3. The van der Waals surface area contributed by atoms with Gasteiger partial charge in [-0.2, -0.15) is 5.10 Å². The van der Waals surface area contributed by atoms with Gasteiger partial charge in [0, 0.05) is 23.1 Å². The fraction of sp³-hybridized carbons (Fsp3) is 0.250. The first kappa shape index (κ1) is 29.4. The molecule has 4 rings (SSSR count). The molecular formula is C28H28Cl2N4O5S. The fourth-order valence-electron chi connectivity index (χ4n) is 4.09. The lowest BCUT2D eigenvalue weighted by Crippen LogP contribution is -2.39. The Labute approximate surface area is 243 Å². The van der Waals surface area contributed by atoms with Gasteiger partial charge in [-0.25, -0.2) is 13.8 Å². The molecule has 0 spiro atoms. The van der Waals surface area contributed by atoms with Gasteiger partial charge >= 0.3 is 0 Å². The topological polar surface area (TPSA) is 108 Å². The van der Waals surface area contributed by atoms with Gasteiger partial charge in [0.2, 0.25) is 0 Å². The number of halogens is 2. The summed E-state index contributed by atoms with van der Waals surface area (Å²) in [5, 5.41) is 4.38. The summed E-state index contributed by atoms with van der Waals surface area (Å²) in [7, 11) is -4.12. The Morgan fingerprint density at radius 1 is 0.950 bits per heavy atom. The molecule has 1 saturated heterocycles. The number of nitrogens with one attached hydrogen (secondary N) is 1. The van der Waals surface area contributed by atoms with E-state index in [1.165, 1.54) is 36.5 Å². The normalized spacial score (nSPS) is 13.7. The maximum absolute atomic E-state index is 13.4. The van der Waals surface area contributed by atoms with E-state index in [4.69, 9.17) is 27.9 Å². The molecule has 9 nitrogen and oxygen atoms in total. The van der Waals surface area contributed by atoms with Gasteiger partial charge in [-0.15, -0.1) is 0 Å². The second-order valence-corrected chi connectivity index (χ2v) is 11.8. The van der Waals surface area contributed by atoms with Crippen LogP contribution in [-0.2, 0) is 19.6 Å². The monoisotopic (exact) mass is 602 g/mol. The molecule has 1 aliphatic rings. The number of anilines is 1. The van der Waals surface area contributed by atoms with Gasteiger partial charge in [-0.05, 0) is 79.4 Å². The average molecular weight is 604 g/mol. The summed E-state index contributed by atoms with van der Waals surface area (Å²) in [6.45, 7) is 0.949. The summed E-state index contributed by atoms with van der Waals surface area (Å²) in [4.78, 5) is 26.8. The van der Waals surface area contributed by atoms with Crippen LogP contribution in [0.1, 0.15) is 24.8 Å². The lowest BCUT2D eigenvalue weighted by atomic mass is 10.1. The molecule has 0 aromatic heterocycles. The molecule has 0 saturated carbocycles. The van der Waals surface area contributed by atoms with Crippen LogP contribution in [0.15, 0.2) is 82.8 Å². The molecular weight excluding hydrogens is 575 g/mol. The molecule has 0 unspecified atom stereocenters. The molecule has 0 aliphatic carbocycles. The Morgan fingerprint density at radius 3 is 2.25 bits per heavy atom. The van der Waals surface area contributed by atoms with Crippen molar-refractivity contribution in [3.8, 4) is 5.75 Å². The minimum absolute atomic E-state index is 0.00216. The summed E-state index contributed by atoms with van der Waals surface area (Å²) in [6.07, 6.45) is 4.60. The van der Waals surface area contributed by atoms with Crippen molar-refractivity contribution in [3.05, 3.63) is 88.4 Å². The van der Waals surface area contributed by atoms with Crippen LogP contribution in [0.25, 0.3) is 0 Å². The molecule has 0 radical (unpaired) electrons. The average Bonchev–Trinajstić information content (AvgIpc) is 2.95. The van der Waals surface area contributed by atoms with Crippen LogP contribution < -0.4 is 14.5 Å². The van der Waals surface area contributed by atoms with E-state index >= 15 is 0 Å². The number of carbonyl (C=O) groups excluding carboxylic acids is 2. The van der Waals surface area contributed by atoms with Crippen molar-refractivity contribution in [1.82, 2.24) is 10.3 Å². The standard InChI is InChI=1S/C28H28Cl2N4O5S/c29-22-15-23(30)17-24(16-22)34(40(37,38)26-7-3-1-4-8-26)19-27(35)32-31-18-21-9-11-25(12-10-21)39-20-28(36)33-13-5-2-6-14-33/h1,3-4,7-12,15-18H,2,5-6,13-14,19-20H2,(H,32,35)/b31-18-. The van der Waals surface area contributed by atoms with Gasteiger partial charge in [-0.1, -0.05) is 41.4 Å². The van der Waals surface area contributed by atoms with E-state index in [9.17, 15) is 18.0 Å². The molecule has 2 amide bonds. The Kier molecular flexibility index (Phi) is 10.0. The summed E-state index contributed by atoms with van der Waals surface area (Å²) in [6, 6.07) is 18.8. The number of benzene rings is 3. The van der Waals surface area contributed by atoms with Crippen molar-refractivity contribution in [2.75, 3.05) is 30.5 Å². The number of amides is 2. The van der Waals surface area contributed by atoms with Crippen molar-refractivity contribution in [2.45, 2.75) is 24.2 Å². The second kappa shape index (κ2) is 13.6. The van der Waals surface area contributed by atoms with E-state index in [2.05, 4.69) is 10.5 Å². The number of hydrazone groups is 1. The smallest absolute Gasteiger partial charge is 0.264 e. The zero-order valence-corrected chi connectivity index (χ0v) is 23.8. The first-order valence-electron chi connectivity index (χ1n) is 12.6. The molecule has 210 valence electrons. The lowest BCUT2D eigenvalue weighted by Gasteiger charge is -2.26. The highest BCUT2D eigenvalue weighted by Crippen LogP contribution is 2.29. The van der Waals surface area contributed by atoms with E-state index < -0.39 is 22.5 Å². The molecule has 3 aromatic rings. The number of hydrogen-bond donors (Lipinski definition) is 1. The number of likely N-dealkylation sites (tertiary alicyclic amines) is 1. The van der Waals surface area contributed by atoms with Gasteiger partial charge in [0.05, 0.1) is 16.8 Å². The maximum Gasteiger partial charge on any atom is 0.264 e. The third kappa shape index (κ3) is 7.97. The van der Waals surface area contributed by atoms with Gasteiger partial charge in [0.25, 0.3) is 21.8 Å². The number of carbonyl (C=O) groups is 2. The third-order valence-electron chi connectivity index (χ3n) is 6.11. The molecule has 12 heteroatoms. The predicted octanol–water partition coefficient (Wildman–Crippen LogP) is 4.73. The SMILES string of the molecule is O=C(CN(c1cc(Cl)cc(Cl)c1)S(=O)(=O)c1ccccc1)N/N=C\c1ccc(OCC(=O)N2CCCCC2)cc1. The Balaban J connectivity index is 1.38. The predicted molar refractivity (Wildman–Crippen MR) is 156 cm³/mol. The van der Waals surface area contributed by atoms with Gasteiger partial charge in [0.15, 0.2) is 6.61 Å². The number of ether oxygens (including phenoxy) is 1. The Bertz CT molecular complexity index is 1440. The minimum Gasteiger partial charge on any atom is -0.484 e. The number of rotatable bonds is 10. The van der Waals surface area contributed by atoms with E-state index in [0.29, 0.717) is 11.3 Å². The van der Waals surface area contributed by atoms with Crippen LogP contribution in [0, 0.1) is 0 Å². The largest absolute Gasteiger partial charge is 0.484 e. The summed E-state index contributed by atoms with van der Waals surface area (Å²) in [5.74, 6) is -0.173. The molecule has 1 heterocycles. The summed E-state index contributed by atoms with van der Waals surface area (Å²) < 4.78 is 33.3. The highest BCUT2D eigenvalue weighted by Gasteiger charge is 2.27. The molecule has 0 atom stereocenters. The van der Waals surface area contributed by atoms with Gasteiger partial charge in [0.1, 0.15) is 12.3 Å². The highest BCUT2D eigenvalue weighted by atomic mass is 35.5. The second-order valence-electron chi connectivity index (χ2n) is 9.04. The van der Waals surface area contributed by atoms with Crippen LogP contribution in [-0.4, -0.2) is 57.6 Å². The van der Waals surface area contributed by atoms with Crippen LogP contribution >= 0.6 is 23.2 Å². The zero-order valence-electron chi connectivity index (χ0n) is 21.5. The van der Waals surface area contributed by atoms with E-state index in [1.807, 2.05) is 4.90 Å². The van der Waals surface area contributed by atoms with Crippen molar-refractivity contribution in [1.29, 1.82) is 0 Å². The fourth-order valence-corrected chi connectivity index (χ4v) is 6.03. The quantitative estimate of drug-likeness (QED) is 0.266. The first-order valence-corrected chi connectivity index (χ1v) is 14.8. The van der Waals surface area contributed by atoms with Gasteiger partial charge in [-0.3, -0.25) is 13.9 Å². The molecule has 1 N–H and O–H groups in total. The molecule has 40 heavy (non-hydrogen) atoms. The van der Waals surface area contributed by atoms with Crippen LogP contribution in [0.4, 0.5) is 5.69 Å². The minimum atomic E-state index is -4.12. The van der Waals surface area contributed by atoms with Crippen LogP contribution in [0.2, 0.25) is 10.0 Å². The van der Waals surface area contributed by atoms with Crippen molar-refractivity contribution in [2.24, 2.45) is 5.10 Å². The van der Waals surface area contributed by atoms with E-state index in [1.54, 1.807) is 42.5 Å². The van der Waals surface area contributed by atoms with Crippen LogP contribution in [0.5, 0.6) is 5.75 Å². The Morgan fingerprint density at radius 2 is 1.60 bits per heavy atom. The molecule has 3 aromatic carbocycles. The highest BCUT2D eigenvalue weighted by molar-refractivity contribution is 7.92. The maximum atomic E-state index is 13.4. The molecule has 1 aliphatic heterocycles. The van der Waals surface area contributed by atoms with E-state index in [-0.39, 0.29) is 33.1 Å². The van der Waals surface area contributed by atoms with Crippen molar-refractivity contribution >= 4 is 56.9 Å². The van der Waals surface area contributed by atoms with Crippen LogP contribution in [0.3, 0.4) is 0 Å².